The van der Waals surface area contributed by atoms with Gasteiger partial charge in [-0.25, -0.2) is 9.59 Å². The molecule has 1 aliphatic heterocycles. The van der Waals surface area contributed by atoms with Gasteiger partial charge in [-0.05, 0) is 78.9 Å². The van der Waals surface area contributed by atoms with Gasteiger partial charge in [-0.15, -0.1) is 0 Å². The van der Waals surface area contributed by atoms with Crippen LogP contribution in [0.1, 0.15) is 60.2 Å². The zero-order valence-corrected chi connectivity index (χ0v) is 26.0. The van der Waals surface area contributed by atoms with Gasteiger partial charge in [-0.2, -0.15) is 0 Å². The van der Waals surface area contributed by atoms with Gasteiger partial charge in [-0.3, -0.25) is 0 Å². The second kappa shape index (κ2) is 14.0. The number of nitrogens with zero attached hydrogens (tertiary/aromatic N) is 1. The molecule has 1 heterocycles. The molecule has 0 spiro atoms. The fourth-order valence-corrected chi connectivity index (χ4v) is 5.52. The van der Waals surface area contributed by atoms with Crippen LogP contribution in [0.15, 0.2) is 91.0 Å². The number of benzene rings is 4. The van der Waals surface area contributed by atoms with E-state index in [-0.39, 0.29) is 30.7 Å². The van der Waals surface area contributed by atoms with Crippen molar-refractivity contribution in [2.45, 2.75) is 57.8 Å². The van der Waals surface area contributed by atoms with Crippen molar-refractivity contribution in [2.24, 2.45) is 0 Å². The predicted molar refractivity (Wildman–Crippen MR) is 171 cm³/mol. The molecule has 2 unspecified atom stereocenters. The normalized spacial score (nSPS) is 16.9. The van der Waals surface area contributed by atoms with E-state index in [9.17, 15) is 9.59 Å². The van der Waals surface area contributed by atoms with Gasteiger partial charge in [0.25, 0.3) is 0 Å². The monoisotopic (exact) mass is 595 g/mol. The average molecular weight is 596 g/mol. The van der Waals surface area contributed by atoms with Crippen LogP contribution in [0.3, 0.4) is 0 Å². The number of carbonyl (C=O) groups is 2. The Bertz CT molecular complexity index is 1580. The van der Waals surface area contributed by atoms with Crippen LogP contribution in [0.2, 0.25) is 0 Å². The molecule has 5 rings (SSSR count). The molecular formula is C37H41NO6. The van der Waals surface area contributed by atoms with Crippen molar-refractivity contribution < 1.29 is 28.5 Å². The molecule has 0 radical (unpaired) electrons. The van der Waals surface area contributed by atoms with E-state index in [4.69, 9.17) is 18.9 Å². The van der Waals surface area contributed by atoms with Crippen LogP contribution in [0.4, 0.5) is 4.79 Å². The van der Waals surface area contributed by atoms with Crippen LogP contribution in [-0.2, 0) is 27.2 Å². The molecule has 0 aromatic heterocycles. The van der Waals surface area contributed by atoms with Crippen molar-refractivity contribution in [1.29, 1.82) is 0 Å². The molecule has 4 aromatic rings. The first-order chi connectivity index (χ1) is 21.2. The van der Waals surface area contributed by atoms with Crippen molar-refractivity contribution >= 4 is 22.8 Å². The van der Waals surface area contributed by atoms with Gasteiger partial charge >= 0.3 is 12.1 Å². The number of ether oxygens (including phenoxy) is 4. The van der Waals surface area contributed by atoms with Crippen LogP contribution < -0.4 is 4.74 Å². The lowest BCUT2D eigenvalue weighted by Gasteiger charge is -2.39. The summed E-state index contributed by atoms with van der Waals surface area (Å²) in [5.41, 5.74) is 3.23. The van der Waals surface area contributed by atoms with E-state index in [1.54, 1.807) is 36.3 Å². The third-order valence-corrected chi connectivity index (χ3v) is 7.83. The molecule has 0 N–H and O–H groups in total. The van der Waals surface area contributed by atoms with Crippen LogP contribution in [0.25, 0.3) is 10.8 Å². The largest absolute Gasteiger partial charge is 0.497 e. The highest BCUT2D eigenvalue weighted by molar-refractivity contribution is 5.89. The minimum Gasteiger partial charge on any atom is -0.497 e. The fraction of sp³-hybridized carbons (Fsp3) is 0.351. The third-order valence-electron chi connectivity index (χ3n) is 7.83. The van der Waals surface area contributed by atoms with Gasteiger partial charge in [0.05, 0.1) is 38.5 Å². The maximum Gasteiger partial charge on any atom is 0.410 e. The second-order valence-electron chi connectivity index (χ2n) is 12.2. The summed E-state index contributed by atoms with van der Waals surface area (Å²) in [5, 5.41) is 2.37. The number of carbonyl (C=O) groups excluding carboxylic acids is 2. The number of rotatable bonds is 9. The lowest BCUT2D eigenvalue weighted by Crippen LogP contribution is -2.48. The molecule has 7 nitrogen and oxygen atoms in total. The molecule has 2 atom stereocenters. The second-order valence-corrected chi connectivity index (χ2v) is 12.2. The van der Waals surface area contributed by atoms with Crippen molar-refractivity contribution in [1.82, 2.24) is 4.90 Å². The van der Waals surface area contributed by atoms with Gasteiger partial charge in [-0.1, -0.05) is 66.7 Å². The highest BCUT2D eigenvalue weighted by atomic mass is 16.6. The summed E-state index contributed by atoms with van der Waals surface area (Å²) in [6.45, 7) is 7.42. The molecule has 0 aliphatic carbocycles. The summed E-state index contributed by atoms with van der Waals surface area (Å²) < 4.78 is 22.9. The fourth-order valence-electron chi connectivity index (χ4n) is 5.52. The van der Waals surface area contributed by atoms with E-state index in [1.165, 1.54) is 10.8 Å². The molecule has 1 aliphatic rings. The first-order valence-corrected chi connectivity index (χ1v) is 15.2. The van der Waals surface area contributed by atoms with Crippen LogP contribution in [0.5, 0.6) is 5.75 Å². The predicted octanol–water partition coefficient (Wildman–Crippen LogP) is 7.56. The van der Waals surface area contributed by atoms with E-state index < -0.39 is 5.60 Å². The summed E-state index contributed by atoms with van der Waals surface area (Å²) in [5.74, 6) is 0.365. The van der Waals surface area contributed by atoms with Crippen molar-refractivity contribution in [3.8, 4) is 5.75 Å². The Labute approximate surface area is 259 Å². The van der Waals surface area contributed by atoms with Crippen molar-refractivity contribution in [2.75, 3.05) is 26.8 Å². The Morgan fingerprint density at radius 1 is 0.864 bits per heavy atom. The number of methoxy groups -OCH3 is 1. The molecule has 0 saturated carbocycles. The summed E-state index contributed by atoms with van der Waals surface area (Å²) in [4.78, 5) is 27.2. The van der Waals surface area contributed by atoms with Crippen molar-refractivity contribution in [3.05, 3.63) is 113 Å². The highest BCUT2D eigenvalue weighted by Gasteiger charge is 2.35. The van der Waals surface area contributed by atoms with E-state index in [0.717, 1.165) is 23.1 Å². The maximum absolute atomic E-state index is 12.9. The number of likely N-dealkylation sites (tertiary alicyclic amines) is 1. The van der Waals surface area contributed by atoms with E-state index >= 15 is 0 Å². The summed E-state index contributed by atoms with van der Waals surface area (Å²) in [6.07, 6.45) is 0.861. The SMILES string of the molecule is COc1cccc(C(=O)OCCc2ccc(C3CCN(C(=O)OC(C)(C)C)CC3OCc3ccc4ccccc4c3)cc2)c1. The molecule has 0 bridgehead atoms. The molecule has 1 fully saturated rings. The highest BCUT2D eigenvalue weighted by Crippen LogP contribution is 2.32. The lowest BCUT2D eigenvalue weighted by molar-refractivity contribution is -0.0359. The molecular weight excluding hydrogens is 554 g/mol. The molecule has 1 amide bonds. The maximum atomic E-state index is 12.9. The molecule has 7 heteroatoms. The molecule has 230 valence electrons. The van der Waals surface area contributed by atoms with Crippen molar-refractivity contribution in [3.63, 3.8) is 0 Å². The topological polar surface area (TPSA) is 74.3 Å². The Hall–Kier alpha value is -4.36. The smallest absolute Gasteiger partial charge is 0.410 e. The molecule has 4 aromatic carbocycles. The number of amides is 1. The minimum atomic E-state index is -0.562. The summed E-state index contributed by atoms with van der Waals surface area (Å²) >= 11 is 0. The third kappa shape index (κ3) is 8.17. The van der Waals surface area contributed by atoms with Gasteiger partial charge < -0.3 is 23.8 Å². The minimum absolute atomic E-state index is 0.120. The summed E-state index contributed by atoms with van der Waals surface area (Å²) in [7, 11) is 1.57. The zero-order chi connectivity index (χ0) is 31.1. The van der Waals surface area contributed by atoms with Crippen LogP contribution >= 0.6 is 0 Å². The quantitative estimate of drug-likeness (QED) is 0.186. The standard InChI is InChI=1S/C37H41NO6/c1-37(2,3)44-36(40)38-20-18-33(34(24-38)43-25-27-14-15-28-8-5-6-9-30(28)22-27)29-16-12-26(13-17-29)19-21-42-35(39)31-10-7-11-32(23-31)41-4/h5-17,22-23,33-34H,18-21,24-25H2,1-4H3. The number of hydrogen-bond donors (Lipinski definition) is 0. The van der Waals surface area contributed by atoms with Gasteiger partial charge in [0.1, 0.15) is 11.4 Å². The number of esters is 1. The lowest BCUT2D eigenvalue weighted by atomic mass is 9.86. The Morgan fingerprint density at radius 2 is 1.61 bits per heavy atom. The number of hydrogen-bond acceptors (Lipinski definition) is 6. The van der Waals surface area contributed by atoms with E-state index in [1.807, 2.05) is 32.9 Å². The number of piperidine rings is 1. The van der Waals surface area contributed by atoms with Gasteiger partial charge in [0, 0.05) is 18.9 Å². The molecule has 44 heavy (non-hydrogen) atoms. The van der Waals surface area contributed by atoms with Crippen LogP contribution in [-0.4, -0.2) is 55.5 Å². The van der Waals surface area contributed by atoms with E-state index in [0.29, 0.717) is 37.4 Å². The zero-order valence-electron chi connectivity index (χ0n) is 26.0. The van der Waals surface area contributed by atoms with E-state index in [2.05, 4.69) is 54.6 Å². The molecule has 1 saturated heterocycles. The first-order valence-electron chi connectivity index (χ1n) is 15.2. The first kappa shape index (κ1) is 31.1. The summed E-state index contributed by atoms with van der Waals surface area (Å²) in [6, 6.07) is 30.0. The van der Waals surface area contributed by atoms with Crippen LogP contribution in [0, 0.1) is 0 Å². The number of fused-ring (bicyclic) bond motifs is 1. The Balaban J connectivity index is 1.24. The average Bonchev–Trinajstić information content (AvgIpc) is 3.03. The Kier molecular flexibility index (Phi) is 9.85. The Morgan fingerprint density at radius 3 is 2.36 bits per heavy atom. The van der Waals surface area contributed by atoms with Gasteiger partial charge in [0.2, 0.25) is 0 Å². The van der Waals surface area contributed by atoms with Gasteiger partial charge in [0.15, 0.2) is 0 Å².